The number of carbonyl (C=O) groups excluding carboxylic acids is 1. The van der Waals surface area contributed by atoms with Crippen molar-refractivity contribution < 1.29 is 9.18 Å². The zero-order valence-corrected chi connectivity index (χ0v) is 14.8. The number of para-hydroxylation sites is 1. The Morgan fingerprint density at radius 1 is 1.21 bits per heavy atom. The van der Waals surface area contributed by atoms with Crippen molar-refractivity contribution in [3.8, 4) is 5.69 Å². The molecule has 0 unspecified atom stereocenters. The van der Waals surface area contributed by atoms with Crippen LogP contribution in [0.2, 0.25) is 0 Å². The van der Waals surface area contributed by atoms with Crippen LogP contribution in [0.15, 0.2) is 53.1 Å². The second kappa shape index (κ2) is 6.57. The van der Waals surface area contributed by atoms with Crippen LogP contribution in [0.5, 0.6) is 0 Å². The van der Waals surface area contributed by atoms with Crippen molar-refractivity contribution in [2.24, 2.45) is 0 Å². The van der Waals surface area contributed by atoms with Crippen LogP contribution in [0.4, 0.5) is 10.1 Å². The Morgan fingerprint density at radius 2 is 1.96 bits per heavy atom. The zero-order valence-electron chi connectivity index (χ0n) is 13.2. The van der Waals surface area contributed by atoms with Gasteiger partial charge in [0, 0.05) is 10.2 Å². The number of carbonyl (C=O) groups is 1. The van der Waals surface area contributed by atoms with Gasteiger partial charge in [-0.15, -0.1) is 0 Å². The molecular weight excluding hydrogens is 373 g/mol. The van der Waals surface area contributed by atoms with E-state index >= 15 is 0 Å². The highest BCUT2D eigenvalue weighted by atomic mass is 79.9. The number of nitrogens with one attached hydrogen (secondary N) is 1. The van der Waals surface area contributed by atoms with Crippen molar-refractivity contribution in [3.05, 3.63) is 75.8 Å². The third-order valence-corrected chi connectivity index (χ3v) is 4.26. The van der Waals surface area contributed by atoms with E-state index in [1.165, 1.54) is 16.9 Å². The van der Waals surface area contributed by atoms with Gasteiger partial charge in [0.25, 0.3) is 5.91 Å². The number of halogens is 2. The predicted octanol–water partition coefficient (Wildman–Crippen LogP) is 4.64. The van der Waals surface area contributed by atoms with Crippen LogP contribution in [0.3, 0.4) is 0 Å². The molecule has 3 rings (SSSR count). The van der Waals surface area contributed by atoms with E-state index in [9.17, 15) is 9.18 Å². The van der Waals surface area contributed by atoms with E-state index in [2.05, 4.69) is 26.3 Å². The average Bonchev–Trinajstić information content (AvgIpc) is 2.92. The largest absolute Gasteiger partial charge is 0.322 e. The molecule has 0 fully saturated rings. The Hall–Kier alpha value is -2.47. The molecule has 122 valence electrons. The summed E-state index contributed by atoms with van der Waals surface area (Å²) in [6, 6.07) is 11.9. The maximum absolute atomic E-state index is 13.9. The number of amides is 1. The summed E-state index contributed by atoms with van der Waals surface area (Å²) in [4.78, 5) is 12.5. The molecule has 0 saturated heterocycles. The highest BCUT2D eigenvalue weighted by molar-refractivity contribution is 9.10. The number of rotatable bonds is 3. The number of hydrogen-bond donors (Lipinski definition) is 1. The molecule has 6 heteroatoms. The lowest BCUT2D eigenvalue weighted by Crippen LogP contribution is -2.14. The maximum atomic E-state index is 13.9. The second-order valence-corrected chi connectivity index (χ2v) is 6.34. The topological polar surface area (TPSA) is 46.9 Å². The van der Waals surface area contributed by atoms with Gasteiger partial charge in [0.15, 0.2) is 0 Å². The van der Waals surface area contributed by atoms with E-state index in [1.807, 2.05) is 25.1 Å². The van der Waals surface area contributed by atoms with Gasteiger partial charge in [0.05, 0.1) is 17.5 Å². The van der Waals surface area contributed by atoms with Gasteiger partial charge in [-0.3, -0.25) is 4.79 Å². The smallest absolute Gasteiger partial charge is 0.259 e. The monoisotopic (exact) mass is 387 g/mol. The van der Waals surface area contributed by atoms with Crippen molar-refractivity contribution >= 4 is 27.5 Å². The SMILES string of the molecule is Cc1cc(Br)ccc1NC(=O)c1cnn(-c2ccccc2F)c1C. The van der Waals surface area contributed by atoms with E-state index in [0.29, 0.717) is 16.9 Å². The zero-order chi connectivity index (χ0) is 17.3. The van der Waals surface area contributed by atoms with Crippen molar-refractivity contribution in [1.29, 1.82) is 0 Å². The molecule has 0 aliphatic rings. The number of benzene rings is 2. The van der Waals surface area contributed by atoms with Crippen molar-refractivity contribution in [1.82, 2.24) is 9.78 Å². The van der Waals surface area contributed by atoms with Gasteiger partial charge >= 0.3 is 0 Å². The maximum Gasteiger partial charge on any atom is 0.259 e. The molecular formula is C18H15BrFN3O. The van der Waals surface area contributed by atoms with E-state index in [0.717, 1.165) is 15.7 Å². The van der Waals surface area contributed by atoms with Gasteiger partial charge in [-0.1, -0.05) is 28.1 Å². The molecule has 1 amide bonds. The first-order valence-electron chi connectivity index (χ1n) is 7.34. The number of nitrogens with zero attached hydrogens (tertiary/aromatic N) is 2. The van der Waals surface area contributed by atoms with Crippen LogP contribution in [-0.4, -0.2) is 15.7 Å². The van der Waals surface area contributed by atoms with Gasteiger partial charge < -0.3 is 5.32 Å². The van der Waals surface area contributed by atoms with Crippen LogP contribution >= 0.6 is 15.9 Å². The van der Waals surface area contributed by atoms with Crippen LogP contribution in [0.25, 0.3) is 5.69 Å². The third kappa shape index (κ3) is 3.10. The summed E-state index contributed by atoms with van der Waals surface area (Å²) in [5.74, 6) is -0.667. The highest BCUT2D eigenvalue weighted by Crippen LogP contribution is 2.22. The second-order valence-electron chi connectivity index (χ2n) is 5.42. The lowest BCUT2D eigenvalue weighted by molar-refractivity contribution is 0.102. The minimum atomic E-state index is -0.389. The summed E-state index contributed by atoms with van der Waals surface area (Å²) in [6.45, 7) is 3.65. The Bertz CT molecular complexity index is 920. The molecule has 0 spiro atoms. The Morgan fingerprint density at radius 3 is 2.67 bits per heavy atom. The van der Waals surface area contributed by atoms with Crippen molar-refractivity contribution in [2.45, 2.75) is 13.8 Å². The molecule has 24 heavy (non-hydrogen) atoms. The lowest BCUT2D eigenvalue weighted by Gasteiger charge is -2.09. The minimum Gasteiger partial charge on any atom is -0.322 e. The van der Waals surface area contributed by atoms with Gasteiger partial charge in [0.2, 0.25) is 0 Å². The molecule has 1 heterocycles. The van der Waals surface area contributed by atoms with Crippen molar-refractivity contribution in [3.63, 3.8) is 0 Å². The van der Waals surface area contributed by atoms with Crippen LogP contribution < -0.4 is 5.32 Å². The number of hydrogen-bond acceptors (Lipinski definition) is 2. The standard InChI is InChI=1S/C18H15BrFN3O/c1-11-9-13(19)7-8-16(11)22-18(24)14-10-21-23(12(14)2)17-6-4-3-5-15(17)20/h3-10H,1-2H3,(H,22,24). The van der Waals surface area contributed by atoms with E-state index in [-0.39, 0.29) is 11.7 Å². The van der Waals surface area contributed by atoms with Crippen LogP contribution in [-0.2, 0) is 0 Å². The molecule has 1 aromatic heterocycles. The fourth-order valence-corrected chi connectivity index (χ4v) is 2.93. The Kier molecular flexibility index (Phi) is 4.49. The van der Waals surface area contributed by atoms with E-state index in [4.69, 9.17) is 0 Å². The first kappa shape index (κ1) is 16.4. The molecule has 0 radical (unpaired) electrons. The summed E-state index contributed by atoms with van der Waals surface area (Å²) < 4.78 is 16.3. The quantitative estimate of drug-likeness (QED) is 0.711. The number of anilines is 1. The fraction of sp³-hybridized carbons (Fsp3) is 0.111. The highest BCUT2D eigenvalue weighted by Gasteiger charge is 2.17. The summed E-state index contributed by atoms with van der Waals surface area (Å²) >= 11 is 3.39. The Balaban J connectivity index is 1.91. The first-order valence-corrected chi connectivity index (χ1v) is 8.13. The molecule has 1 N–H and O–H groups in total. The summed E-state index contributed by atoms with van der Waals surface area (Å²) in [7, 11) is 0. The van der Waals surface area contributed by atoms with Gasteiger partial charge in [0.1, 0.15) is 11.5 Å². The lowest BCUT2D eigenvalue weighted by atomic mass is 10.2. The molecule has 0 atom stereocenters. The number of aromatic nitrogens is 2. The fourth-order valence-electron chi connectivity index (χ4n) is 2.46. The molecule has 2 aromatic carbocycles. The van der Waals surface area contributed by atoms with E-state index < -0.39 is 0 Å². The summed E-state index contributed by atoms with van der Waals surface area (Å²) in [6.07, 6.45) is 1.45. The molecule has 0 saturated carbocycles. The summed E-state index contributed by atoms with van der Waals surface area (Å²) in [5, 5.41) is 7.02. The molecule has 0 bridgehead atoms. The van der Waals surface area contributed by atoms with Crippen molar-refractivity contribution in [2.75, 3.05) is 5.32 Å². The molecule has 4 nitrogen and oxygen atoms in total. The van der Waals surface area contributed by atoms with Gasteiger partial charge in [-0.2, -0.15) is 5.10 Å². The number of aryl methyl sites for hydroxylation is 1. The first-order chi connectivity index (χ1) is 11.5. The van der Waals surface area contributed by atoms with Gasteiger partial charge in [-0.05, 0) is 49.7 Å². The predicted molar refractivity (Wildman–Crippen MR) is 95.1 cm³/mol. The normalized spacial score (nSPS) is 10.7. The van der Waals surface area contributed by atoms with E-state index in [1.54, 1.807) is 25.1 Å². The molecule has 3 aromatic rings. The van der Waals surface area contributed by atoms with Gasteiger partial charge in [-0.25, -0.2) is 9.07 Å². The Labute approximate surface area is 147 Å². The third-order valence-electron chi connectivity index (χ3n) is 3.77. The minimum absolute atomic E-state index is 0.277. The molecule has 0 aliphatic heterocycles. The molecule has 0 aliphatic carbocycles. The average molecular weight is 388 g/mol. The van der Waals surface area contributed by atoms with Crippen LogP contribution in [0, 0.1) is 19.7 Å². The summed E-state index contributed by atoms with van der Waals surface area (Å²) in [5.41, 5.74) is 2.96. The van der Waals surface area contributed by atoms with Crippen LogP contribution in [0.1, 0.15) is 21.6 Å².